The number of rotatable bonds is 2. The standard InChI is InChI=1S/C7H7FO4S.ClH/c1-12-7-4-5(13(9,10)11)2-3-6(7)8;/h2-4H,1H3,(H,9,10,11);1H. The average Bonchev–Trinajstić information content (AvgIpc) is 2.03. The van der Waals surface area contributed by atoms with Crippen LogP contribution in [0.25, 0.3) is 0 Å². The van der Waals surface area contributed by atoms with E-state index in [2.05, 4.69) is 4.74 Å². The van der Waals surface area contributed by atoms with E-state index in [1.54, 1.807) is 0 Å². The second kappa shape index (κ2) is 4.59. The van der Waals surface area contributed by atoms with Gasteiger partial charge in [-0.25, -0.2) is 4.39 Å². The molecule has 4 nitrogen and oxygen atoms in total. The molecular formula is C7H8ClFO4S. The second-order valence-corrected chi connectivity index (χ2v) is 3.69. The molecule has 1 rings (SSSR count). The summed E-state index contributed by atoms with van der Waals surface area (Å²) in [7, 11) is -3.10. The molecule has 0 bridgehead atoms. The second-order valence-electron chi connectivity index (χ2n) is 2.27. The summed E-state index contributed by atoms with van der Waals surface area (Å²) in [6, 6.07) is 2.76. The SMILES string of the molecule is COc1cc(S(=O)(=O)O)ccc1F.Cl. The summed E-state index contributed by atoms with van der Waals surface area (Å²) in [5.74, 6) is -0.912. The van der Waals surface area contributed by atoms with Gasteiger partial charge in [0.15, 0.2) is 11.6 Å². The molecule has 1 N–H and O–H groups in total. The van der Waals surface area contributed by atoms with Crippen LogP contribution in [0.15, 0.2) is 23.1 Å². The van der Waals surface area contributed by atoms with Crippen LogP contribution in [0.2, 0.25) is 0 Å². The normalized spacial score (nSPS) is 10.5. The van der Waals surface area contributed by atoms with Crippen molar-refractivity contribution in [1.29, 1.82) is 0 Å². The van der Waals surface area contributed by atoms with E-state index in [0.29, 0.717) is 0 Å². The Morgan fingerprint density at radius 2 is 2.00 bits per heavy atom. The zero-order valence-corrected chi connectivity index (χ0v) is 8.73. The van der Waals surface area contributed by atoms with Crippen LogP contribution in [0.5, 0.6) is 5.75 Å². The van der Waals surface area contributed by atoms with Gasteiger partial charge in [-0.3, -0.25) is 4.55 Å². The van der Waals surface area contributed by atoms with E-state index in [9.17, 15) is 12.8 Å². The first-order valence-electron chi connectivity index (χ1n) is 3.26. The maximum atomic E-state index is 12.8. The van der Waals surface area contributed by atoms with Crippen LogP contribution in [0.1, 0.15) is 0 Å². The highest BCUT2D eigenvalue weighted by atomic mass is 35.5. The van der Waals surface area contributed by atoms with E-state index in [0.717, 1.165) is 18.2 Å². The van der Waals surface area contributed by atoms with Crippen LogP contribution in [-0.4, -0.2) is 20.1 Å². The maximum Gasteiger partial charge on any atom is 0.294 e. The number of methoxy groups -OCH3 is 1. The van der Waals surface area contributed by atoms with Gasteiger partial charge in [-0.1, -0.05) is 0 Å². The molecule has 7 heteroatoms. The Morgan fingerprint density at radius 3 is 2.43 bits per heavy atom. The lowest BCUT2D eigenvalue weighted by Crippen LogP contribution is -1.99. The van der Waals surface area contributed by atoms with Crippen molar-refractivity contribution in [1.82, 2.24) is 0 Å². The number of halogens is 2. The van der Waals surface area contributed by atoms with Crippen LogP contribution >= 0.6 is 12.4 Å². The molecule has 0 aliphatic heterocycles. The zero-order valence-electron chi connectivity index (χ0n) is 7.10. The maximum absolute atomic E-state index is 12.8. The van der Waals surface area contributed by atoms with Crippen molar-refractivity contribution in [2.75, 3.05) is 7.11 Å². The van der Waals surface area contributed by atoms with E-state index >= 15 is 0 Å². The molecule has 0 atom stereocenters. The van der Waals surface area contributed by atoms with Gasteiger partial charge in [-0.05, 0) is 12.1 Å². The molecule has 0 aliphatic rings. The molecule has 80 valence electrons. The summed E-state index contributed by atoms with van der Waals surface area (Å²) in [5.41, 5.74) is 0. The molecule has 0 aromatic heterocycles. The predicted octanol–water partition coefficient (Wildman–Crippen LogP) is 1.50. The van der Waals surface area contributed by atoms with Crippen molar-refractivity contribution in [3.8, 4) is 5.75 Å². The van der Waals surface area contributed by atoms with Crippen molar-refractivity contribution in [2.24, 2.45) is 0 Å². The molecule has 0 radical (unpaired) electrons. The minimum absolute atomic E-state index is 0. The van der Waals surface area contributed by atoms with Crippen LogP contribution in [0, 0.1) is 5.82 Å². The predicted molar refractivity (Wildman–Crippen MR) is 50.0 cm³/mol. The molecule has 1 aromatic rings. The van der Waals surface area contributed by atoms with Crippen LogP contribution < -0.4 is 4.74 Å². The summed E-state index contributed by atoms with van der Waals surface area (Å²) in [4.78, 5) is -0.397. The third-order valence-electron chi connectivity index (χ3n) is 1.42. The average molecular weight is 243 g/mol. The van der Waals surface area contributed by atoms with Crippen molar-refractivity contribution in [3.63, 3.8) is 0 Å². The van der Waals surface area contributed by atoms with Gasteiger partial charge < -0.3 is 4.74 Å². The molecule has 0 saturated heterocycles. The summed E-state index contributed by atoms with van der Waals surface area (Å²) in [6.07, 6.45) is 0. The van der Waals surface area contributed by atoms with E-state index in [1.807, 2.05) is 0 Å². The highest BCUT2D eigenvalue weighted by molar-refractivity contribution is 7.85. The largest absolute Gasteiger partial charge is 0.494 e. The van der Waals surface area contributed by atoms with Gasteiger partial charge in [-0.2, -0.15) is 8.42 Å². The van der Waals surface area contributed by atoms with Gasteiger partial charge in [-0.15, -0.1) is 12.4 Å². The Hall–Kier alpha value is -0.850. The molecule has 0 spiro atoms. The number of benzene rings is 1. The molecular weight excluding hydrogens is 235 g/mol. The third-order valence-corrected chi connectivity index (χ3v) is 2.27. The Balaban J connectivity index is 0.00000169. The van der Waals surface area contributed by atoms with E-state index in [-0.39, 0.29) is 18.2 Å². The molecule has 0 aliphatic carbocycles. The summed E-state index contributed by atoms with van der Waals surface area (Å²) in [5, 5.41) is 0. The molecule has 0 fully saturated rings. The van der Waals surface area contributed by atoms with Gasteiger partial charge in [0.1, 0.15) is 0 Å². The number of ether oxygens (including phenoxy) is 1. The molecule has 1 aromatic carbocycles. The smallest absolute Gasteiger partial charge is 0.294 e. The zero-order chi connectivity index (χ0) is 10.1. The van der Waals surface area contributed by atoms with Gasteiger partial charge in [0.25, 0.3) is 10.1 Å². The van der Waals surface area contributed by atoms with E-state index < -0.39 is 20.8 Å². The Bertz CT molecular complexity index is 418. The first-order chi connectivity index (χ1) is 5.95. The first-order valence-corrected chi connectivity index (χ1v) is 4.70. The van der Waals surface area contributed by atoms with Crippen LogP contribution in [0.4, 0.5) is 4.39 Å². The Morgan fingerprint density at radius 1 is 1.43 bits per heavy atom. The lowest BCUT2D eigenvalue weighted by molar-refractivity contribution is 0.384. The molecule has 0 unspecified atom stereocenters. The van der Waals surface area contributed by atoms with Crippen molar-refractivity contribution in [2.45, 2.75) is 4.90 Å². The lowest BCUT2D eigenvalue weighted by Gasteiger charge is -2.02. The van der Waals surface area contributed by atoms with Crippen LogP contribution in [-0.2, 0) is 10.1 Å². The van der Waals surface area contributed by atoms with Crippen molar-refractivity contribution in [3.05, 3.63) is 24.0 Å². The molecule has 0 heterocycles. The van der Waals surface area contributed by atoms with Crippen molar-refractivity contribution < 1.29 is 22.1 Å². The fraction of sp³-hybridized carbons (Fsp3) is 0.143. The Labute approximate surface area is 86.9 Å². The number of hydrogen-bond acceptors (Lipinski definition) is 3. The third kappa shape index (κ3) is 2.83. The molecule has 14 heavy (non-hydrogen) atoms. The van der Waals surface area contributed by atoms with Gasteiger partial charge in [0.2, 0.25) is 0 Å². The highest BCUT2D eigenvalue weighted by Gasteiger charge is 2.12. The topological polar surface area (TPSA) is 63.6 Å². The summed E-state index contributed by atoms with van der Waals surface area (Å²) >= 11 is 0. The van der Waals surface area contributed by atoms with Gasteiger partial charge in [0, 0.05) is 6.07 Å². The minimum atomic E-state index is -4.30. The van der Waals surface area contributed by atoms with Gasteiger partial charge >= 0.3 is 0 Å². The lowest BCUT2D eigenvalue weighted by atomic mass is 10.3. The summed E-state index contributed by atoms with van der Waals surface area (Å²) < 4.78 is 47.1. The van der Waals surface area contributed by atoms with E-state index in [1.165, 1.54) is 7.11 Å². The quantitative estimate of drug-likeness (QED) is 0.799. The Kier molecular flexibility index (Phi) is 4.31. The van der Waals surface area contributed by atoms with E-state index in [4.69, 9.17) is 4.55 Å². The molecule has 0 amide bonds. The summed E-state index contributed by atoms with van der Waals surface area (Å²) in [6.45, 7) is 0. The molecule has 0 saturated carbocycles. The fourth-order valence-corrected chi connectivity index (χ4v) is 1.30. The minimum Gasteiger partial charge on any atom is -0.494 e. The van der Waals surface area contributed by atoms with Crippen molar-refractivity contribution >= 4 is 22.5 Å². The first kappa shape index (κ1) is 13.2. The number of hydrogen-bond donors (Lipinski definition) is 1. The highest BCUT2D eigenvalue weighted by Crippen LogP contribution is 2.20. The van der Waals surface area contributed by atoms with Crippen LogP contribution in [0.3, 0.4) is 0 Å². The fourth-order valence-electron chi connectivity index (χ4n) is 0.801. The van der Waals surface area contributed by atoms with Gasteiger partial charge in [0.05, 0.1) is 12.0 Å². The monoisotopic (exact) mass is 242 g/mol.